The maximum atomic E-state index is 9.55. The van der Waals surface area contributed by atoms with E-state index in [1.54, 1.807) is 11.8 Å². The Balaban J connectivity index is 2.07. The van der Waals surface area contributed by atoms with Crippen molar-refractivity contribution in [2.24, 2.45) is 0 Å². The zero-order valence-corrected chi connectivity index (χ0v) is 12.9. The number of rotatable bonds is 7. The summed E-state index contributed by atoms with van der Waals surface area (Å²) in [7, 11) is 0. The summed E-state index contributed by atoms with van der Waals surface area (Å²) in [4.78, 5) is 0. The molecular weight excluding hydrogens is 270 g/mol. The van der Waals surface area contributed by atoms with Gasteiger partial charge in [0.2, 0.25) is 0 Å². The molecule has 1 aromatic carbocycles. The van der Waals surface area contributed by atoms with Crippen molar-refractivity contribution in [2.45, 2.75) is 43.6 Å². The van der Waals surface area contributed by atoms with E-state index in [4.69, 9.17) is 5.11 Å². The lowest BCUT2D eigenvalue weighted by atomic mass is 9.87. The fourth-order valence-electron chi connectivity index (χ4n) is 2.74. The number of fused-ring (bicyclic) bond motifs is 1. The number of hydrogen-bond donors (Lipinski definition) is 3. The van der Waals surface area contributed by atoms with Gasteiger partial charge in [-0.15, -0.1) is 0 Å². The van der Waals surface area contributed by atoms with Crippen LogP contribution in [-0.4, -0.2) is 40.5 Å². The van der Waals surface area contributed by atoms with Crippen LogP contribution in [0.4, 0.5) is 0 Å². The van der Waals surface area contributed by atoms with Crippen LogP contribution in [0.3, 0.4) is 0 Å². The second kappa shape index (κ2) is 8.03. The summed E-state index contributed by atoms with van der Waals surface area (Å²) in [5.74, 6) is 0.605. The molecule has 1 aliphatic carbocycles. The lowest BCUT2D eigenvalue weighted by Crippen LogP contribution is -2.35. The molecular formula is C16H25NO2S. The van der Waals surface area contributed by atoms with E-state index in [-0.39, 0.29) is 6.61 Å². The van der Waals surface area contributed by atoms with Crippen LogP contribution in [0.2, 0.25) is 0 Å². The quantitative estimate of drug-likeness (QED) is 0.721. The van der Waals surface area contributed by atoms with Crippen LogP contribution >= 0.6 is 11.8 Å². The highest BCUT2D eigenvalue weighted by atomic mass is 32.2. The van der Waals surface area contributed by atoms with Crippen molar-refractivity contribution in [2.75, 3.05) is 18.9 Å². The first-order valence-corrected chi connectivity index (χ1v) is 8.52. The van der Waals surface area contributed by atoms with Gasteiger partial charge in [-0.05, 0) is 36.9 Å². The van der Waals surface area contributed by atoms with Crippen LogP contribution in [0, 0.1) is 0 Å². The molecule has 0 saturated heterocycles. The fourth-order valence-corrected chi connectivity index (χ4v) is 4.03. The molecule has 0 fully saturated rings. The summed E-state index contributed by atoms with van der Waals surface area (Å²) in [5, 5.41) is 22.6. The van der Waals surface area contributed by atoms with Gasteiger partial charge in [0.25, 0.3) is 0 Å². The molecule has 0 amide bonds. The van der Waals surface area contributed by atoms with E-state index in [9.17, 15) is 5.11 Å². The number of benzene rings is 1. The third-order valence-corrected chi connectivity index (χ3v) is 5.30. The molecule has 20 heavy (non-hydrogen) atoms. The van der Waals surface area contributed by atoms with E-state index in [1.165, 1.54) is 11.1 Å². The third kappa shape index (κ3) is 3.98. The summed E-state index contributed by atoms with van der Waals surface area (Å²) >= 11 is 1.78. The highest BCUT2D eigenvalue weighted by molar-refractivity contribution is 8.00. The van der Waals surface area contributed by atoms with Crippen LogP contribution in [0.5, 0.6) is 0 Å². The van der Waals surface area contributed by atoms with E-state index >= 15 is 0 Å². The number of thioether (sulfide) groups is 1. The van der Waals surface area contributed by atoms with Gasteiger partial charge >= 0.3 is 0 Å². The van der Waals surface area contributed by atoms with E-state index in [0.29, 0.717) is 17.0 Å². The molecule has 0 aromatic heterocycles. The summed E-state index contributed by atoms with van der Waals surface area (Å²) in [6.07, 6.45) is 2.74. The molecule has 0 aliphatic heterocycles. The minimum absolute atomic E-state index is 0.149. The second-order valence-electron chi connectivity index (χ2n) is 5.38. The third-order valence-electron chi connectivity index (χ3n) is 3.79. The average Bonchev–Trinajstić information content (AvgIpc) is 2.50. The molecule has 3 atom stereocenters. The first kappa shape index (κ1) is 15.8. The van der Waals surface area contributed by atoms with Crippen molar-refractivity contribution in [3.63, 3.8) is 0 Å². The average molecular weight is 295 g/mol. The van der Waals surface area contributed by atoms with Crippen LogP contribution in [-0.2, 0) is 6.42 Å². The van der Waals surface area contributed by atoms with Crippen molar-refractivity contribution in [1.82, 2.24) is 5.32 Å². The number of aliphatic hydroxyl groups excluding tert-OH is 2. The Bertz CT molecular complexity index is 413. The molecule has 3 nitrogen and oxygen atoms in total. The molecule has 2 rings (SSSR count). The number of hydrogen-bond acceptors (Lipinski definition) is 4. The van der Waals surface area contributed by atoms with Gasteiger partial charge in [0.1, 0.15) is 0 Å². The molecule has 112 valence electrons. The summed E-state index contributed by atoms with van der Waals surface area (Å²) in [6.45, 7) is 3.04. The van der Waals surface area contributed by atoms with Gasteiger partial charge in [0, 0.05) is 17.0 Å². The zero-order valence-electron chi connectivity index (χ0n) is 12.1. The molecule has 0 bridgehead atoms. The van der Waals surface area contributed by atoms with Crippen molar-refractivity contribution < 1.29 is 10.2 Å². The number of aryl methyl sites for hydroxylation is 1. The maximum absolute atomic E-state index is 9.55. The number of nitrogens with one attached hydrogen (secondary N) is 1. The molecule has 0 spiro atoms. The zero-order chi connectivity index (χ0) is 14.4. The lowest BCUT2D eigenvalue weighted by Gasteiger charge is -2.34. The van der Waals surface area contributed by atoms with E-state index < -0.39 is 6.10 Å². The van der Waals surface area contributed by atoms with Crippen LogP contribution < -0.4 is 5.32 Å². The molecule has 0 saturated carbocycles. The lowest BCUT2D eigenvalue weighted by molar-refractivity contribution is 0.113. The standard InChI is InChI=1S/C16H25NO2S/c1-2-9-17-16-14-6-4-3-5-12(14)7-8-15(16)20-11-13(19)10-18/h3-6,13,15-19H,2,7-11H2,1H3. The van der Waals surface area contributed by atoms with Gasteiger partial charge in [0.15, 0.2) is 0 Å². The Morgan fingerprint density at radius 3 is 2.95 bits per heavy atom. The Labute approximate surface area is 125 Å². The second-order valence-corrected chi connectivity index (χ2v) is 6.65. The first-order valence-electron chi connectivity index (χ1n) is 7.48. The SMILES string of the molecule is CCCNC1c2ccccc2CCC1SCC(O)CO. The minimum Gasteiger partial charge on any atom is -0.394 e. The first-order chi connectivity index (χ1) is 9.76. The van der Waals surface area contributed by atoms with E-state index in [2.05, 4.69) is 36.5 Å². The highest BCUT2D eigenvalue weighted by Crippen LogP contribution is 2.37. The fraction of sp³-hybridized carbons (Fsp3) is 0.625. The highest BCUT2D eigenvalue weighted by Gasteiger charge is 2.29. The predicted octanol–water partition coefficient (Wildman–Crippen LogP) is 2.13. The number of aliphatic hydroxyl groups is 2. The molecule has 3 unspecified atom stereocenters. The Kier molecular flexibility index (Phi) is 6.36. The summed E-state index contributed by atoms with van der Waals surface area (Å²) in [6, 6.07) is 9.01. The van der Waals surface area contributed by atoms with Crippen LogP contribution in [0.15, 0.2) is 24.3 Å². The van der Waals surface area contributed by atoms with Gasteiger partial charge in [-0.2, -0.15) is 11.8 Å². The monoisotopic (exact) mass is 295 g/mol. The topological polar surface area (TPSA) is 52.5 Å². The van der Waals surface area contributed by atoms with E-state index in [0.717, 1.165) is 25.8 Å². The molecule has 0 heterocycles. The smallest absolute Gasteiger partial charge is 0.0861 e. The molecule has 1 aliphatic rings. The van der Waals surface area contributed by atoms with Gasteiger partial charge in [-0.1, -0.05) is 31.2 Å². The Morgan fingerprint density at radius 1 is 1.40 bits per heavy atom. The van der Waals surface area contributed by atoms with Crippen molar-refractivity contribution in [3.05, 3.63) is 35.4 Å². The summed E-state index contributed by atoms with van der Waals surface area (Å²) in [5.41, 5.74) is 2.85. The van der Waals surface area contributed by atoms with Gasteiger partial charge in [0.05, 0.1) is 12.7 Å². The van der Waals surface area contributed by atoms with Gasteiger partial charge < -0.3 is 15.5 Å². The van der Waals surface area contributed by atoms with E-state index in [1.807, 2.05) is 0 Å². The van der Waals surface area contributed by atoms with Crippen LogP contribution in [0.25, 0.3) is 0 Å². The normalized spacial score (nSPS) is 23.4. The van der Waals surface area contributed by atoms with Crippen LogP contribution in [0.1, 0.15) is 36.9 Å². The largest absolute Gasteiger partial charge is 0.394 e. The Morgan fingerprint density at radius 2 is 2.20 bits per heavy atom. The Hall–Kier alpha value is -0.550. The molecule has 0 radical (unpaired) electrons. The molecule has 1 aromatic rings. The minimum atomic E-state index is -0.607. The van der Waals surface area contributed by atoms with Crippen molar-refractivity contribution >= 4 is 11.8 Å². The van der Waals surface area contributed by atoms with Crippen molar-refractivity contribution in [3.8, 4) is 0 Å². The summed E-state index contributed by atoms with van der Waals surface area (Å²) < 4.78 is 0. The van der Waals surface area contributed by atoms with Gasteiger partial charge in [-0.25, -0.2) is 0 Å². The van der Waals surface area contributed by atoms with Crippen molar-refractivity contribution in [1.29, 1.82) is 0 Å². The molecule has 4 heteroatoms. The molecule has 3 N–H and O–H groups in total. The predicted molar refractivity (Wildman–Crippen MR) is 85.1 cm³/mol. The van der Waals surface area contributed by atoms with Gasteiger partial charge in [-0.3, -0.25) is 0 Å². The maximum Gasteiger partial charge on any atom is 0.0861 e.